The van der Waals surface area contributed by atoms with Gasteiger partial charge in [0.05, 0.1) is 0 Å². The Hall–Kier alpha value is -1.76. The Labute approximate surface area is 115 Å². The molecule has 0 saturated carbocycles. The standard InChI is InChI=1S/C18H22O/c1-11-6-12(2)17(13(3)7-11)10-16-8-14(4)18(19)15(5)9-16/h6-9,19H,10H2,1-5H3. The third kappa shape index (κ3) is 2.81. The van der Waals surface area contributed by atoms with Crippen molar-refractivity contribution in [1.29, 1.82) is 0 Å². The SMILES string of the molecule is Cc1cc(C)c(Cc2cc(C)c(O)c(C)c2)c(C)c1. The van der Waals surface area contributed by atoms with Crippen molar-refractivity contribution in [2.45, 2.75) is 41.0 Å². The van der Waals surface area contributed by atoms with Gasteiger partial charge in [-0.15, -0.1) is 0 Å². The Kier molecular flexibility index (Phi) is 3.66. The second-order valence-electron chi connectivity index (χ2n) is 5.63. The molecule has 1 nitrogen and oxygen atoms in total. The predicted octanol–water partition coefficient (Wildman–Crippen LogP) is 4.53. The van der Waals surface area contributed by atoms with E-state index < -0.39 is 0 Å². The van der Waals surface area contributed by atoms with Gasteiger partial charge in [-0.3, -0.25) is 0 Å². The largest absolute Gasteiger partial charge is 0.507 e. The summed E-state index contributed by atoms with van der Waals surface area (Å²) in [7, 11) is 0. The molecular weight excluding hydrogens is 232 g/mol. The van der Waals surface area contributed by atoms with E-state index >= 15 is 0 Å². The Morgan fingerprint density at radius 1 is 0.737 bits per heavy atom. The topological polar surface area (TPSA) is 20.2 Å². The summed E-state index contributed by atoms with van der Waals surface area (Å²) in [6.07, 6.45) is 0.930. The molecule has 19 heavy (non-hydrogen) atoms. The van der Waals surface area contributed by atoms with Gasteiger partial charge in [0, 0.05) is 0 Å². The molecule has 0 fully saturated rings. The number of hydrogen-bond acceptors (Lipinski definition) is 1. The van der Waals surface area contributed by atoms with Crippen LogP contribution in [0.2, 0.25) is 0 Å². The number of rotatable bonds is 2. The summed E-state index contributed by atoms with van der Waals surface area (Å²) in [6.45, 7) is 10.4. The Bertz CT molecular complexity index is 578. The predicted molar refractivity (Wildman–Crippen MR) is 81.0 cm³/mol. The average Bonchev–Trinajstić information content (AvgIpc) is 2.30. The smallest absolute Gasteiger partial charge is 0.121 e. The van der Waals surface area contributed by atoms with Crippen molar-refractivity contribution in [1.82, 2.24) is 0 Å². The molecule has 1 heteroatoms. The molecule has 2 aromatic carbocycles. The fourth-order valence-corrected chi connectivity index (χ4v) is 2.84. The summed E-state index contributed by atoms with van der Waals surface area (Å²) >= 11 is 0. The first-order chi connectivity index (χ1) is 8.88. The van der Waals surface area contributed by atoms with Crippen LogP contribution in [-0.2, 0) is 6.42 Å². The number of aromatic hydroxyl groups is 1. The molecule has 0 radical (unpaired) electrons. The number of benzene rings is 2. The van der Waals surface area contributed by atoms with Crippen molar-refractivity contribution in [3.05, 3.63) is 63.2 Å². The highest BCUT2D eigenvalue weighted by atomic mass is 16.3. The summed E-state index contributed by atoms with van der Waals surface area (Å²) in [6, 6.07) is 8.65. The summed E-state index contributed by atoms with van der Waals surface area (Å²) in [5.74, 6) is 0.418. The number of hydrogen-bond donors (Lipinski definition) is 1. The molecule has 0 heterocycles. The van der Waals surface area contributed by atoms with Crippen molar-refractivity contribution in [2.24, 2.45) is 0 Å². The highest BCUT2D eigenvalue weighted by molar-refractivity contribution is 5.46. The van der Waals surface area contributed by atoms with Gasteiger partial charge in [0.25, 0.3) is 0 Å². The average molecular weight is 254 g/mol. The van der Waals surface area contributed by atoms with Crippen LogP contribution in [0.25, 0.3) is 0 Å². The molecule has 0 saturated heterocycles. The molecule has 0 unspecified atom stereocenters. The minimum atomic E-state index is 0.418. The van der Waals surface area contributed by atoms with E-state index in [4.69, 9.17) is 0 Å². The van der Waals surface area contributed by atoms with E-state index in [1.807, 2.05) is 13.8 Å². The van der Waals surface area contributed by atoms with Gasteiger partial charge in [0.1, 0.15) is 5.75 Å². The molecule has 0 bridgehead atoms. The van der Waals surface area contributed by atoms with Gasteiger partial charge in [-0.1, -0.05) is 29.8 Å². The Morgan fingerprint density at radius 2 is 1.21 bits per heavy atom. The van der Waals surface area contributed by atoms with Crippen molar-refractivity contribution < 1.29 is 5.11 Å². The molecule has 2 aromatic rings. The molecule has 0 aliphatic carbocycles. The van der Waals surface area contributed by atoms with Crippen LogP contribution in [0.1, 0.15) is 38.9 Å². The lowest BCUT2D eigenvalue weighted by Crippen LogP contribution is -1.98. The van der Waals surface area contributed by atoms with Crippen LogP contribution in [0.5, 0.6) is 5.75 Å². The van der Waals surface area contributed by atoms with E-state index in [2.05, 4.69) is 45.0 Å². The third-order valence-electron chi connectivity index (χ3n) is 3.77. The van der Waals surface area contributed by atoms with E-state index in [9.17, 15) is 5.11 Å². The van der Waals surface area contributed by atoms with Gasteiger partial charge in [-0.05, 0) is 74.4 Å². The fourth-order valence-electron chi connectivity index (χ4n) is 2.84. The zero-order chi connectivity index (χ0) is 14.2. The van der Waals surface area contributed by atoms with Crippen LogP contribution >= 0.6 is 0 Å². The van der Waals surface area contributed by atoms with Crippen molar-refractivity contribution in [2.75, 3.05) is 0 Å². The summed E-state index contributed by atoms with van der Waals surface area (Å²) in [5, 5.41) is 9.84. The lowest BCUT2D eigenvalue weighted by molar-refractivity contribution is 0.466. The van der Waals surface area contributed by atoms with Gasteiger partial charge in [0.15, 0.2) is 0 Å². The van der Waals surface area contributed by atoms with Crippen molar-refractivity contribution in [3.8, 4) is 5.75 Å². The van der Waals surface area contributed by atoms with Gasteiger partial charge < -0.3 is 5.11 Å². The molecule has 0 amide bonds. The molecule has 100 valence electrons. The number of phenols is 1. The first kappa shape index (κ1) is 13.7. The lowest BCUT2D eigenvalue weighted by Gasteiger charge is -2.13. The van der Waals surface area contributed by atoms with Crippen molar-refractivity contribution >= 4 is 0 Å². The summed E-state index contributed by atoms with van der Waals surface area (Å²) in [5.41, 5.74) is 8.59. The molecule has 0 aliphatic heterocycles. The molecular formula is C18H22O. The minimum absolute atomic E-state index is 0.418. The molecule has 0 atom stereocenters. The Balaban J connectivity index is 2.42. The first-order valence-corrected chi connectivity index (χ1v) is 6.74. The number of phenolic OH excluding ortho intramolecular Hbond substituents is 1. The summed E-state index contributed by atoms with van der Waals surface area (Å²) < 4.78 is 0. The second-order valence-corrected chi connectivity index (χ2v) is 5.63. The van der Waals surface area contributed by atoms with Gasteiger partial charge in [-0.25, -0.2) is 0 Å². The summed E-state index contributed by atoms with van der Waals surface area (Å²) in [4.78, 5) is 0. The Morgan fingerprint density at radius 3 is 1.68 bits per heavy atom. The fraction of sp³-hybridized carbons (Fsp3) is 0.333. The number of aryl methyl sites for hydroxylation is 5. The maximum absolute atomic E-state index is 9.84. The van der Waals surface area contributed by atoms with Crippen LogP contribution < -0.4 is 0 Å². The maximum Gasteiger partial charge on any atom is 0.121 e. The van der Waals surface area contributed by atoms with E-state index in [-0.39, 0.29) is 0 Å². The first-order valence-electron chi connectivity index (χ1n) is 6.74. The minimum Gasteiger partial charge on any atom is -0.507 e. The monoisotopic (exact) mass is 254 g/mol. The van der Waals surface area contributed by atoms with E-state index in [0.29, 0.717) is 5.75 Å². The second kappa shape index (κ2) is 5.08. The van der Waals surface area contributed by atoms with E-state index in [0.717, 1.165) is 17.5 Å². The zero-order valence-corrected chi connectivity index (χ0v) is 12.5. The lowest BCUT2D eigenvalue weighted by atomic mass is 9.93. The van der Waals surface area contributed by atoms with Crippen LogP contribution in [-0.4, -0.2) is 5.11 Å². The molecule has 1 N–H and O–H groups in total. The van der Waals surface area contributed by atoms with Gasteiger partial charge >= 0.3 is 0 Å². The zero-order valence-electron chi connectivity index (χ0n) is 12.5. The third-order valence-corrected chi connectivity index (χ3v) is 3.77. The molecule has 0 aromatic heterocycles. The highest BCUT2D eigenvalue weighted by Gasteiger charge is 2.08. The van der Waals surface area contributed by atoms with Crippen LogP contribution in [0.4, 0.5) is 0 Å². The van der Waals surface area contributed by atoms with Crippen LogP contribution in [0.3, 0.4) is 0 Å². The van der Waals surface area contributed by atoms with Gasteiger partial charge in [0.2, 0.25) is 0 Å². The van der Waals surface area contributed by atoms with Crippen LogP contribution in [0, 0.1) is 34.6 Å². The van der Waals surface area contributed by atoms with E-state index in [1.165, 1.54) is 27.8 Å². The molecule has 0 aliphatic rings. The van der Waals surface area contributed by atoms with E-state index in [1.54, 1.807) is 0 Å². The maximum atomic E-state index is 9.84. The quantitative estimate of drug-likeness (QED) is 0.835. The molecule has 0 spiro atoms. The van der Waals surface area contributed by atoms with Crippen molar-refractivity contribution in [3.63, 3.8) is 0 Å². The van der Waals surface area contributed by atoms with Crippen LogP contribution in [0.15, 0.2) is 24.3 Å². The normalized spacial score (nSPS) is 10.8. The highest BCUT2D eigenvalue weighted by Crippen LogP contribution is 2.26. The molecule has 2 rings (SSSR count). The van der Waals surface area contributed by atoms with Gasteiger partial charge in [-0.2, -0.15) is 0 Å².